The summed E-state index contributed by atoms with van der Waals surface area (Å²) in [6.45, 7) is 1.62. The van der Waals surface area contributed by atoms with E-state index in [1.165, 1.54) is 18.3 Å². The van der Waals surface area contributed by atoms with E-state index in [1.54, 1.807) is 25.1 Å². The molecule has 0 atom stereocenters. The number of carbonyl (C=O) groups excluding carboxylic acids is 1. The second-order valence-corrected chi connectivity index (χ2v) is 4.99. The number of anilines is 1. The number of nitro benzene ring substituents is 1. The van der Waals surface area contributed by atoms with Crippen molar-refractivity contribution in [1.82, 2.24) is 4.98 Å². The maximum absolute atomic E-state index is 12.0. The highest BCUT2D eigenvalue weighted by atomic mass is 79.9. The van der Waals surface area contributed by atoms with Gasteiger partial charge in [-0.3, -0.25) is 14.9 Å². The molecule has 1 aromatic carbocycles. The average Bonchev–Trinajstić information content (AvgIpc) is 2.38. The second kappa shape index (κ2) is 5.79. The molecule has 0 aliphatic heterocycles. The molecule has 0 bridgehead atoms. The van der Waals surface area contributed by atoms with Crippen LogP contribution >= 0.6 is 15.9 Å². The van der Waals surface area contributed by atoms with Crippen LogP contribution < -0.4 is 5.32 Å². The minimum atomic E-state index is -0.510. The number of hydrogen-bond acceptors (Lipinski definition) is 4. The number of carbonyl (C=O) groups is 1. The van der Waals surface area contributed by atoms with Crippen LogP contribution in [-0.2, 0) is 0 Å². The van der Waals surface area contributed by atoms with Crippen LogP contribution in [0.1, 0.15) is 15.9 Å². The van der Waals surface area contributed by atoms with Crippen molar-refractivity contribution in [2.24, 2.45) is 0 Å². The molecule has 2 rings (SSSR count). The van der Waals surface area contributed by atoms with Gasteiger partial charge in [0.05, 0.1) is 4.92 Å². The molecule has 1 N–H and O–H groups in total. The summed E-state index contributed by atoms with van der Waals surface area (Å²) in [6.07, 6.45) is 1.54. The molecule has 2 aromatic rings. The molecule has 20 heavy (non-hydrogen) atoms. The van der Waals surface area contributed by atoms with Gasteiger partial charge in [-0.2, -0.15) is 0 Å². The number of rotatable bonds is 3. The van der Waals surface area contributed by atoms with Gasteiger partial charge in [0.1, 0.15) is 5.82 Å². The molecule has 0 spiro atoms. The number of amides is 1. The molecule has 0 radical (unpaired) electrons. The van der Waals surface area contributed by atoms with Crippen LogP contribution in [0.3, 0.4) is 0 Å². The van der Waals surface area contributed by atoms with Crippen molar-refractivity contribution in [3.05, 3.63) is 62.2 Å². The molecule has 102 valence electrons. The van der Waals surface area contributed by atoms with Crippen LogP contribution in [-0.4, -0.2) is 15.8 Å². The monoisotopic (exact) mass is 335 g/mol. The molecule has 0 saturated heterocycles. The topological polar surface area (TPSA) is 85.1 Å². The third-order valence-electron chi connectivity index (χ3n) is 2.63. The lowest BCUT2D eigenvalue weighted by Gasteiger charge is -2.05. The number of benzene rings is 1. The van der Waals surface area contributed by atoms with E-state index < -0.39 is 10.8 Å². The molecular weight excluding hydrogens is 326 g/mol. The zero-order valence-electron chi connectivity index (χ0n) is 10.5. The van der Waals surface area contributed by atoms with Gasteiger partial charge in [-0.05, 0) is 25.1 Å². The first kappa shape index (κ1) is 14.1. The quantitative estimate of drug-likeness (QED) is 0.688. The van der Waals surface area contributed by atoms with E-state index in [-0.39, 0.29) is 11.3 Å². The Labute approximate surface area is 123 Å². The van der Waals surface area contributed by atoms with E-state index in [0.29, 0.717) is 11.4 Å². The van der Waals surface area contributed by atoms with E-state index in [1.807, 2.05) is 0 Å². The lowest BCUT2D eigenvalue weighted by atomic mass is 10.1. The summed E-state index contributed by atoms with van der Waals surface area (Å²) in [5.41, 5.74) is 0.635. The lowest BCUT2D eigenvalue weighted by molar-refractivity contribution is -0.385. The molecule has 0 fully saturated rings. The number of pyridine rings is 1. The third-order valence-corrected chi connectivity index (χ3v) is 3.12. The summed E-state index contributed by atoms with van der Waals surface area (Å²) in [5.74, 6) is -0.0775. The highest BCUT2D eigenvalue weighted by Crippen LogP contribution is 2.20. The molecule has 0 unspecified atom stereocenters. The first-order valence-electron chi connectivity index (χ1n) is 5.65. The summed E-state index contributed by atoms with van der Waals surface area (Å²) < 4.78 is 0.776. The minimum absolute atomic E-state index is 0.0835. The third kappa shape index (κ3) is 3.18. The van der Waals surface area contributed by atoms with Crippen molar-refractivity contribution in [3.8, 4) is 0 Å². The van der Waals surface area contributed by atoms with Gasteiger partial charge in [0.15, 0.2) is 0 Å². The first-order chi connectivity index (χ1) is 9.47. The van der Waals surface area contributed by atoms with E-state index in [0.717, 1.165) is 4.47 Å². The summed E-state index contributed by atoms with van der Waals surface area (Å²) in [5, 5.41) is 13.4. The van der Waals surface area contributed by atoms with Crippen LogP contribution in [0.2, 0.25) is 0 Å². The number of nitro groups is 1. The van der Waals surface area contributed by atoms with Gasteiger partial charge >= 0.3 is 0 Å². The zero-order valence-corrected chi connectivity index (χ0v) is 12.0. The van der Waals surface area contributed by atoms with E-state index >= 15 is 0 Å². The second-order valence-electron chi connectivity index (χ2n) is 4.07. The molecule has 0 saturated carbocycles. The Balaban J connectivity index is 2.26. The Kier molecular flexibility index (Phi) is 4.09. The van der Waals surface area contributed by atoms with Gasteiger partial charge in [-0.1, -0.05) is 22.0 Å². The SMILES string of the molecule is Cc1ccc(C(=O)Nc2cc(Br)ccn2)cc1[N+](=O)[O-]. The molecular formula is C13H10BrN3O3. The molecule has 1 amide bonds. The average molecular weight is 336 g/mol. The maximum Gasteiger partial charge on any atom is 0.273 e. The number of hydrogen-bond donors (Lipinski definition) is 1. The molecule has 1 aromatic heterocycles. The largest absolute Gasteiger partial charge is 0.307 e. The fourth-order valence-electron chi connectivity index (χ4n) is 1.61. The summed E-state index contributed by atoms with van der Waals surface area (Å²) in [4.78, 5) is 26.4. The van der Waals surface area contributed by atoms with Crippen LogP contribution in [0.25, 0.3) is 0 Å². The van der Waals surface area contributed by atoms with Gasteiger partial charge < -0.3 is 5.32 Å². The molecule has 6 nitrogen and oxygen atoms in total. The number of nitrogens with zero attached hydrogens (tertiary/aromatic N) is 2. The van der Waals surface area contributed by atoms with Crippen molar-refractivity contribution >= 4 is 33.3 Å². The summed E-state index contributed by atoms with van der Waals surface area (Å²) in [7, 11) is 0. The predicted molar refractivity (Wildman–Crippen MR) is 77.7 cm³/mol. The molecule has 7 heteroatoms. The van der Waals surface area contributed by atoms with E-state index in [2.05, 4.69) is 26.2 Å². The van der Waals surface area contributed by atoms with Crippen molar-refractivity contribution < 1.29 is 9.72 Å². The van der Waals surface area contributed by atoms with Crippen LogP contribution in [0.15, 0.2) is 41.0 Å². The van der Waals surface area contributed by atoms with Crippen molar-refractivity contribution in [2.45, 2.75) is 6.92 Å². The highest BCUT2D eigenvalue weighted by Gasteiger charge is 2.15. The van der Waals surface area contributed by atoms with Crippen LogP contribution in [0.4, 0.5) is 11.5 Å². The number of aryl methyl sites for hydroxylation is 1. The van der Waals surface area contributed by atoms with E-state index in [9.17, 15) is 14.9 Å². The van der Waals surface area contributed by atoms with Crippen LogP contribution in [0, 0.1) is 17.0 Å². The minimum Gasteiger partial charge on any atom is -0.307 e. The van der Waals surface area contributed by atoms with Crippen molar-refractivity contribution in [3.63, 3.8) is 0 Å². The van der Waals surface area contributed by atoms with Gasteiger partial charge in [-0.25, -0.2) is 4.98 Å². The molecule has 0 aliphatic rings. The van der Waals surface area contributed by atoms with Gasteiger partial charge in [0.2, 0.25) is 0 Å². The number of aromatic nitrogens is 1. The standard InChI is InChI=1S/C13H10BrN3O3/c1-8-2-3-9(6-11(8)17(19)20)13(18)16-12-7-10(14)4-5-15-12/h2-7H,1H3,(H,15,16,18). The Hall–Kier alpha value is -2.28. The Bertz CT molecular complexity index is 688. The van der Waals surface area contributed by atoms with Crippen molar-refractivity contribution in [1.29, 1.82) is 0 Å². The maximum atomic E-state index is 12.0. The highest BCUT2D eigenvalue weighted by molar-refractivity contribution is 9.10. The van der Waals surface area contributed by atoms with E-state index in [4.69, 9.17) is 0 Å². The number of nitrogens with one attached hydrogen (secondary N) is 1. The predicted octanol–water partition coefficient (Wildman–Crippen LogP) is 3.31. The smallest absolute Gasteiger partial charge is 0.273 e. The fourth-order valence-corrected chi connectivity index (χ4v) is 1.94. The zero-order chi connectivity index (χ0) is 14.7. The van der Waals surface area contributed by atoms with Crippen molar-refractivity contribution in [2.75, 3.05) is 5.32 Å². The molecule has 1 heterocycles. The summed E-state index contributed by atoms with van der Waals surface area (Å²) >= 11 is 3.27. The lowest BCUT2D eigenvalue weighted by Crippen LogP contribution is -2.13. The number of halogens is 1. The fraction of sp³-hybridized carbons (Fsp3) is 0.0769. The summed E-state index contributed by atoms with van der Waals surface area (Å²) in [6, 6.07) is 7.70. The van der Waals surface area contributed by atoms with Gasteiger partial charge in [-0.15, -0.1) is 0 Å². The normalized spacial score (nSPS) is 10.1. The van der Waals surface area contributed by atoms with Crippen LogP contribution in [0.5, 0.6) is 0 Å². The Morgan fingerprint density at radius 1 is 1.35 bits per heavy atom. The van der Waals surface area contributed by atoms with Gasteiger partial charge in [0.25, 0.3) is 11.6 Å². The Morgan fingerprint density at radius 3 is 2.75 bits per heavy atom. The van der Waals surface area contributed by atoms with Gasteiger partial charge in [0, 0.05) is 27.9 Å². The Morgan fingerprint density at radius 2 is 2.10 bits per heavy atom. The molecule has 0 aliphatic carbocycles. The first-order valence-corrected chi connectivity index (χ1v) is 6.44.